The SMILES string of the molecule is CN(C)c1c2c(cc3c(C(F)(F)F)c4ccccc4cc13)-c1cccc3c1c-2cc1ccccc13. The van der Waals surface area contributed by atoms with Gasteiger partial charge in [-0.15, -0.1) is 0 Å². The van der Waals surface area contributed by atoms with Crippen LogP contribution in [0.25, 0.3) is 65.3 Å². The Hall–Kier alpha value is -4.05. The Morgan fingerprint density at radius 2 is 1.23 bits per heavy atom. The van der Waals surface area contributed by atoms with Crippen molar-refractivity contribution in [1.29, 1.82) is 0 Å². The van der Waals surface area contributed by atoms with Gasteiger partial charge in [0.05, 0.1) is 11.3 Å². The molecule has 0 radical (unpaired) electrons. The maximum Gasteiger partial charge on any atom is 0.417 e. The van der Waals surface area contributed by atoms with Crippen molar-refractivity contribution in [2.75, 3.05) is 19.0 Å². The number of anilines is 1. The molecule has 0 saturated carbocycles. The Morgan fingerprint density at radius 3 is 1.94 bits per heavy atom. The predicted molar refractivity (Wildman–Crippen MR) is 140 cm³/mol. The largest absolute Gasteiger partial charge is 0.417 e. The molecular weight excluding hydrogens is 443 g/mol. The van der Waals surface area contributed by atoms with Gasteiger partial charge in [0.2, 0.25) is 0 Å². The summed E-state index contributed by atoms with van der Waals surface area (Å²) >= 11 is 0. The van der Waals surface area contributed by atoms with Crippen LogP contribution < -0.4 is 4.90 Å². The molecule has 0 fully saturated rings. The van der Waals surface area contributed by atoms with Gasteiger partial charge in [-0.25, -0.2) is 0 Å². The highest BCUT2D eigenvalue weighted by Gasteiger charge is 2.37. The quantitative estimate of drug-likeness (QED) is 0.173. The number of benzene rings is 6. The molecule has 0 amide bonds. The third-order valence-corrected chi connectivity index (χ3v) is 7.31. The lowest BCUT2D eigenvalue weighted by atomic mass is 9.89. The zero-order chi connectivity index (χ0) is 24.1. The minimum Gasteiger partial charge on any atom is -0.377 e. The molecular formula is C31H20F3N. The topological polar surface area (TPSA) is 3.24 Å². The van der Waals surface area contributed by atoms with Crippen LogP contribution in [-0.4, -0.2) is 14.1 Å². The summed E-state index contributed by atoms with van der Waals surface area (Å²) in [6.07, 6.45) is -4.48. The molecule has 0 spiro atoms. The summed E-state index contributed by atoms with van der Waals surface area (Å²) < 4.78 is 43.8. The van der Waals surface area contributed by atoms with E-state index in [0.29, 0.717) is 10.8 Å². The number of alkyl halides is 3. The third-order valence-electron chi connectivity index (χ3n) is 7.31. The van der Waals surface area contributed by atoms with E-state index in [-0.39, 0.29) is 10.8 Å². The maximum atomic E-state index is 14.6. The highest BCUT2D eigenvalue weighted by Crippen LogP contribution is 2.56. The lowest BCUT2D eigenvalue weighted by Crippen LogP contribution is -2.13. The molecule has 6 aromatic carbocycles. The number of hydrogen-bond donors (Lipinski definition) is 0. The van der Waals surface area contributed by atoms with Gasteiger partial charge in [0, 0.05) is 25.0 Å². The van der Waals surface area contributed by atoms with Gasteiger partial charge in [0.1, 0.15) is 0 Å². The normalized spacial score (nSPS) is 12.7. The summed E-state index contributed by atoms with van der Waals surface area (Å²) in [5.41, 5.74) is 4.19. The van der Waals surface area contributed by atoms with E-state index in [2.05, 4.69) is 24.3 Å². The van der Waals surface area contributed by atoms with E-state index in [1.807, 2.05) is 49.3 Å². The average molecular weight is 464 g/mol. The first-order valence-corrected chi connectivity index (χ1v) is 11.6. The van der Waals surface area contributed by atoms with Gasteiger partial charge in [-0.1, -0.05) is 66.7 Å². The molecule has 0 heterocycles. The smallest absolute Gasteiger partial charge is 0.377 e. The van der Waals surface area contributed by atoms with Crippen LogP contribution in [0.3, 0.4) is 0 Å². The van der Waals surface area contributed by atoms with Crippen LogP contribution in [0.4, 0.5) is 18.9 Å². The fourth-order valence-electron chi connectivity index (χ4n) is 6.03. The van der Waals surface area contributed by atoms with Crippen LogP contribution in [0.2, 0.25) is 0 Å². The molecule has 1 aliphatic carbocycles. The summed E-state index contributed by atoms with van der Waals surface area (Å²) in [6.45, 7) is 0. The molecule has 0 aliphatic heterocycles. The van der Waals surface area contributed by atoms with Crippen LogP contribution in [0.1, 0.15) is 5.56 Å². The van der Waals surface area contributed by atoms with Crippen LogP contribution in [0, 0.1) is 0 Å². The summed E-state index contributed by atoms with van der Waals surface area (Å²) in [4.78, 5) is 1.96. The van der Waals surface area contributed by atoms with Crippen LogP contribution in [0.15, 0.2) is 84.9 Å². The molecule has 7 rings (SSSR count). The van der Waals surface area contributed by atoms with Crippen molar-refractivity contribution in [3.05, 3.63) is 90.5 Å². The molecule has 35 heavy (non-hydrogen) atoms. The molecule has 0 aromatic heterocycles. The van der Waals surface area contributed by atoms with Crippen molar-refractivity contribution >= 4 is 48.8 Å². The summed E-state index contributed by atoms with van der Waals surface area (Å²) in [7, 11) is 3.83. The Balaban J connectivity index is 1.75. The molecule has 4 heteroatoms. The molecule has 0 bridgehead atoms. The minimum atomic E-state index is -4.48. The van der Waals surface area contributed by atoms with Crippen molar-refractivity contribution in [3.8, 4) is 22.3 Å². The van der Waals surface area contributed by atoms with Gasteiger partial charge in [-0.3, -0.25) is 0 Å². The van der Waals surface area contributed by atoms with Crippen molar-refractivity contribution in [2.45, 2.75) is 6.18 Å². The molecule has 0 N–H and O–H groups in total. The summed E-state index contributed by atoms with van der Waals surface area (Å²) in [6, 6.07) is 27.1. The highest BCUT2D eigenvalue weighted by atomic mass is 19.4. The zero-order valence-electron chi connectivity index (χ0n) is 19.2. The maximum absolute atomic E-state index is 14.6. The van der Waals surface area contributed by atoms with E-state index in [4.69, 9.17) is 0 Å². The summed E-state index contributed by atoms with van der Waals surface area (Å²) in [5.74, 6) is 0. The van der Waals surface area contributed by atoms with Gasteiger partial charge < -0.3 is 4.90 Å². The molecule has 6 aromatic rings. The Labute approximate surface area is 200 Å². The number of halogens is 3. The Bertz CT molecular complexity index is 1860. The second-order valence-corrected chi connectivity index (χ2v) is 9.48. The van der Waals surface area contributed by atoms with Crippen LogP contribution in [0.5, 0.6) is 0 Å². The fraction of sp³-hybridized carbons (Fsp3) is 0.0968. The molecule has 0 saturated heterocycles. The zero-order valence-corrected chi connectivity index (χ0v) is 19.2. The monoisotopic (exact) mass is 463 g/mol. The third kappa shape index (κ3) is 2.65. The first-order valence-electron chi connectivity index (χ1n) is 11.6. The molecule has 1 nitrogen and oxygen atoms in total. The second-order valence-electron chi connectivity index (χ2n) is 9.48. The molecule has 1 aliphatic rings. The van der Waals surface area contributed by atoms with E-state index >= 15 is 0 Å². The molecule has 170 valence electrons. The Morgan fingerprint density at radius 1 is 0.571 bits per heavy atom. The van der Waals surface area contributed by atoms with Crippen LogP contribution >= 0.6 is 0 Å². The Kier molecular flexibility index (Phi) is 3.93. The van der Waals surface area contributed by atoms with Crippen molar-refractivity contribution in [2.24, 2.45) is 0 Å². The highest BCUT2D eigenvalue weighted by molar-refractivity contribution is 6.28. The molecule has 0 unspecified atom stereocenters. The average Bonchev–Trinajstić information content (AvgIpc) is 3.14. The first kappa shape index (κ1) is 20.3. The summed E-state index contributed by atoms with van der Waals surface area (Å²) in [5, 5.41) is 6.20. The van der Waals surface area contributed by atoms with Crippen molar-refractivity contribution < 1.29 is 13.2 Å². The van der Waals surface area contributed by atoms with E-state index < -0.39 is 11.7 Å². The number of hydrogen-bond acceptors (Lipinski definition) is 1. The van der Waals surface area contributed by atoms with E-state index in [0.717, 1.165) is 49.5 Å². The second kappa shape index (κ2) is 6.76. The predicted octanol–water partition coefficient (Wildman–Crippen LogP) is 9.03. The minimum absolute atomic E-state index is 0.233. The van der Waals surface area contributed by atoms with Crippen LogP contribution in [-0.2, 0) is 6.18 Å². The van der Waals surface area contributed by atoms with E-state index in [1.165, 1.54) is 0 Å². The van der Waals surface area contributed by atoms with Gasteiger partial charge in [-0.2, -0.15) is 13.2 Å². The number of nitrogens with zero attached hydrogens (tertiary/aromatic N) is 1. The lowest BCUT2D eigenvalue weighted by molar-refractivity contribution is -0.135. The van der Waals surface area contributed by atoms with E-state index in [1.54, 1.807) is 30.3 Å². The molecule has 0 atom stereocenters. The standard InChI is InChI=1S/C31H20F3N/c1-35(2)30-25-14-18-9-4-6-11-20(18)29(31(32,33)34)24(25)16-23-22-13-7-12-21-19-10-5-3-8-17(19)15-26(27(21)22)28(23)30/h3-16H,1-2H3. The van der Waals surface area contributed by atoms with Gasteiger partial charge in [0.15, 0.2) is 0 Å². The number of fused-ring (bicyclic) bond motifs is 7. The van der Waals surface area contributed by atoms with Crippen molar-refractivity contribution in [1.82, 2.24) is 0 Å². The number of rotatable bonds is 1. The van der Waals surface area contributed by atoms with Crippen molar-refractivity contribution in [3.63, 3.8) is 0 Å². The fourth-order valence-corrected chi connectivity index (χ4v) is 6.03. The lowest BCUT2D eigenvalue weighted by Gasteiger charge is -2.24. The van der Waals surface area contributed by atoms with E-state index in [9.17, 15) is 13.2 Å². The van der Waals surface area contributed by atoms with Gasteiger partial charge in [-0.05, 0) is 72.6 Å². The first-order chi connectivity index (χ1) is 16.8. The van der Waals surface area contributed by atoms with Gasteiger partial charge in [0.25, 0.3) is 0 Å². The van der Waals surface area contributed by atoms with Gasteiger partial charge >= 0.3 is 6.18 Å².